The minimum Gasteiger partial charge on any atom is -0.508 e. The molecular weight excluding hydrogens is 240 g/mol. The Morgan fingerprint density at radius 3 is 2.47 bits per heavy atom. The molecule has 0 heterocycles. The zero-order valence-corrected chi connectivity index (χ0v) is 11.9. The maximum absolute atomic E-state index is 12.0. The van der Waals surface area contributed by atoms with E-state index < -0.39 is 6.04 Å². The SMILES string of the molecule is CCCC(C)(C)NC(=O)[C@@H](N)Cc1ccc(O)cc1. The van der Waals surface area contributed by atoms with Crippen molar-refractivity contribution in [2.24, 2.45) is 5.73 Å². The van der Waals surface area contributed by atoms with Gasteiger partial charge in [-0.3, -0.25) is 4.79 Å². The maximum Gasteiger partial charge on any atom is 0.237 e. The average molecular weight is 264 g/mol. The smallest absolute Gasteiger partial charge is 0.237 e. The first-order valence-corrected chi connectivity index (χ1v) is 6.69. The van der Waals surface area contributed by atoms with Gasteiger partial charge < -0.3 is 16.2 Å². The number of nitrogens with two attached hydrogens (primary N) is 1. The third-order valence-electron chi connectivity index (χ3n) is 3.07. The number of amides is 1. The van der Waals surface area contributed by atoms with E-state index in [2.05, 4.69) is 12.2 Å². The molecule has 0 aliphatic carbocycles. The zero-order chi connectivity index (χ0) is 14.5. The summed E-state index contributed by atoms with van der Waals surface area (Å²) in [4.78, 5) is 12.0. The summed E-state index contributed by atoms with van der Waals surface area (Å²) < 4.78 is 0. The summed E-state index contributed by atoms with van der Waals surface area (Å²) in [6.45, 7) is 6.09. The van der Waals surface area contributed by atoms with Gasteiger partial charge >= 0.3 is 0 Å². The molecule has 1 amide bonds. The molecule has 4 N–H and O–H groups in total. The summed E-state index contributed by atoms with van der Waals surface area (Å²) in [6.07, 6.45) is 2.40. The fourth-order valence-corrected chi connectivity index (χ4v) is 2.09. The summed E-state index contributed by atoms with van der Waals surface area (Å²) in [6, 6.07) is 6.18. The van der Waals surface area contributed by atoms with E-state index in [4.69, 9.17) is 5.73 Å². The normalized spacial score (nSPS) is 13.1. The van der Waals surface area contributed by atoms with Crippen LogP contribution in [0.15, 0.2) is 24.3 Å². The summed E-state index contributed by atoms with van der Waals surface area (Å²) in [5, 5.41) is 12.2. The van der Waals surface area contributed by atoms with Gasteiger partial charge in [-0.15, -0.1) is 0 Å². The third-order valence-corrected chi connectivity index (χ3v) is 3.07. The second kappa shape index (κ2) is 6.57. The van der Waals surface area contributed by atoms with Gasteiger partial charge in [0.1, 0.15) is 5.75 Å². The zero-order valence-electron chi connectivity index (χ0n) is 11.9. The number of phenolic OH excluding ortho intramolecular Hbond substituents is 1. The second-order valence-electron chi connectivity index (χ2n) is 5.60. The number of nitrogens with one attached hydrogen (secondary N) is 1. The number of benzene rings is 1. The molecule has 0 radical (unpaired) electrons. The van der Waals surface area contributed by atoms with E-state index >= 15 is 0 Å². The Labute approximate surface area is 115 Å². The van der Waals surface area contributed by atoms with Gasteiger partial charge in [0, 0.05) is 5.54 Å². The van der Waals surface area contributed by atoms with Crippen LogP contribution in [0.4, 0.5) is 0 Å². The van der Waals surface area contributed by atoms with Gasteiger partial charge in [0.05, 0.1) is 6.04 Å². The molecule has 0 aromatic heterocycles. The predicted molar refractivity (Wildman–Crippen MR) is 76.9 cm³/mol. The van der Waals surface area contributed by atoms with Crippen LogP contribution in [-0.2, 0) is 11.2 Å². The number of hydrogen-bond acceptors (Lipinski definition) is 3. The second-order valence-corrected chi connectivity index (χ2v) is 5.60. The van der Waals surface area contributed by atoms with Crippen LogP contribution in [0, 0.1) is 0 Å². The standard InChI is InChI=1S/C15H24N2O2/c1-4-9-15(2,3)17-14(19)13(16)10-11-5-7-12(18)8-6-11/h5-8,13,18H,4,9-10,16H2,1-3H3,(H,17,19)/t13-/m0/s1. The monoisotopic (exact) mass is 264 g/mol. The van der Waals surface area contributed by atoms with Crippen molar-refractivity contribution in [2.75, 3.05) is 0 Å². The van der Waals surface area contributed by atoms with E-state index in [0.29, 0.717) is 6.42 Å². The van der Waals surface area contributed by atoms with Crippen molar-refractivity contribution in [3.05, 3.63) is 29.8 Å². The highest BCUT2D eigenvalue weighted by atomic mass is 16.3. The summed E-state index contributed by atoms with van der Waals surface area (Å²) in [7, 11) is 0. The summed E-state index contributed by atoms with van der Waals surface area (Å²) >= 11 is 0. The lowest BCUT2D eigenvalue weighted by Gasteiger charge is -2.27. The Morgan fingerprint density at radius 1 is 1.37 bits per heavy atom. The predicted octanol–water partition coefficient (Wildman–Crippen LogP) is 1.96. The lowest BCUT2D eigenvalue weighted by atomic mass is 9.97. The van der Waals surface area contributed by atoms with Crippen LogP contribution in [-0.4, -0.2) is 22.6 Å². The summed E-state index contributed by atoms with van der Waals surface area (Å²) in [5.41, 5.74) is 6.63. The molecular formula is C15H24N2O2. The first-order chi connectivity index (χ1) is 8.84. The van der Waals surface area contributed by atoms with Gasteiger partial charge in [-0.1, -0.05) is 25.5 Å². The Balaban J connectivity index is 2.55. The number of carbonyl (C=O) groups is 1. The van der Waals surface area contributed by atoms with Crippen LogP contribution in [0.1, 0.15) is 39.2 Å². The Kier molecular flexibility index (Phi) is 5.36. The van der Waals surface area contributed by atoms with E-state index in [0.717, 1.165) is 18.4 Å². The van der Waals surface area contributed by atoms with Crippen LogP contribution in [0.2, 0.25) is 0 Å². The van der Waals surface area contributed by atoms with Crippen LogP contribution in [0.25, 0.3) is 0 Å². The Bertz CT molecular complexity index is 413. The van der Waals surface area contributed by atoms with Gasteiger partial charge in [0.25, 0.3) is 0 Å². The fourth-order valence-electron chi connectivity index (χ4n) is 2.09. The van der Waals surface area contributed by atoms with Crippen molar-refractivity contribution < 1.29 is 9.90 Å². The molecule has 19 heavy (non-hydrogen) atoms. The molecule has 106 valence electrons. The van der Waals surface area contributed by atoms with E-state index in [-0.39, 0.29) is 17.2 Å². The minimum absolute atomic E-state index is 0.133. The molecule has 0 spiro atoms. The number of aromatic hydroxyl groups is 1. The largest absolute Gasteiger partial charge is 0.508 e. The van der Waals surface area contributed by atoms with Gasteiger partial charge in [-0.25, -0.2) is 0 Å². The Hall–Kier alpha value is -1.55. The number of phenols is 1. The van der Waals surface area contributed by atoms with Gasteiger partial charge in [-0.2, -0.15) is 0 Å². The first kappa shape index (κ1) is 15.5. The van der Waals surface area contributed by atoms with Crippen LogP contribution in [0.5, 0.6) is 5.75 Å². The molecule has 1 atom stereocenters. The Morgan fingerprint density at radius 2 is 1.95 bits per heavy atom. The van der Waals surface area contributed by atoms with Crippen LogP contribution >= 0.6 is 0 Å². The first-order valence-electron chi connectivity index (χ1n) is 6.69. The lowest BCUT2D eigenvalue weighted by Crippen LogP contribution is -2.51. The molecule has 4 nitrogen and oxygen atoms in total. The van der Waals surface area contributed by atoms with E-state index in [1.807, 2.05) is 13.8 Å². The topological polar surface area (TPSA) is 75.4 Å². The van der Waals surface area contributed by atoms with E-state index in [9.17, 15) is 9.90 Å². The van der Waals surface area contributed by atoms with Crippen molar-refractivity contribution in [3.63, 3.8) is 0 Å². The molecule has 0 saturated carbocycles. The van der Waals surface area contributed by atoms with Gasteiger partial charge in [-0.05, 0) is 44.4 Å². The molecule has 4 heteroatoms. The van der Waals surface area contributed by atoms with Crippen molar-refractivity contribution >= 4 is 5.91 Å². The molecule has 0 saturated heterocycles. The van der Waals surface area contributed by atoms with Gasteiger partial charge in [0.2, 0.25) is 5.91 Å². The number of hydrogen-bond donors (Lipinski definition) is 3. The minimum atomic E-state index is -0.569. The number of rotatable bonds is 6. The highest BCUT2D eigenvalue weighted by Crippen LogP contribution is 2.13. The van der Waals surface area contributed by atoms with Crippen molar-refractivity contribution in [3.8, 4) is 5.75 Å². The highest BCUT2D eigenvalue weighted by Gasteiger charge is 2.23. The maximum atomic E-state index is 12.0. The fraction of sp³-hybridized carbons (Fsp3) is 0.533. The third kappa shape index (κ3) is 5.30. The molecule has 1 aromatic carbocycles. The molecule has 0 unspecified atom stereocenters. The molecule has 1 aromatic rings. The summed E-state index contributed by atoms with van der Waals surface area (Å²) in [5.74, 6) is 0.0809. The van der Waals surface area contributed by atoms with Crippen LogP contribution < -0.4 is 11.1 Å². The number of carbonyl (C=O) groups excluding carboxylic acids is 1. The molecule has 0 aliphatic rings. The lowest BCUT2D eigenvalue weighted by molar-refractivity contribution is -0.124. The van der Waals surface area contributed by atoms with E-state index in [1.165, 1.54) is 0 Å². The quantitative estimate of drug-likeness (QED) is 0.735. The molecule has 0 bridgehead atoms. The molecule has 0 aliphatic heterocycles. The van der Waals surface area contributed by atoms with Crippen LogP contribution in [0.3, 0.4) is 0 Å². The molecule has 1 rings (SSSR count). The van der Waals surface area contributed by atoms with Crippen molar-refractivity contribution in [2.45, 2.75) is 51.6 Å². The van der Waals surface area contributed by atoms with E-state index in [1.54, 1.807) is 24.3 Å². The van der Waals surface area contributed by atoms with Crippen molar-refractivity contribution in [1.82, 2.24) is 5.32 Å². The van der Waals surface area contributed by atoms with Gasteiger partial charge in [0.15, 0.2) is 0 Å². The van der Waals surface area contributed by atoms with Crippen molar-refractivity contribution in [1.29, 1.82) is 0 Å². The highest BCUT2D eigenvalue weighted by molar-refractivity contribution is 5.82. The molecule has 0 fully saturated rings. The average Bonchev–Trinajstić information content (AvgIpc) is 2.31.